The van der Waals surface area contributed by atoms with Gasteiger partial charge in [-0.3, -0.25) is 10.1 Å². The zero-order valence-electron chi connectivity index (χ0n) is 8.33. The maximum absolute atomic E-state index is 13.0. The molecule has 88 valence electrons. The minimum Gasteiger partial charge on any atom is -0.258 e. The Morgan fingerprint density at radius 3 is 2.24 bits per heavy atom. The smallest absolute Gasteiger partial charge is 0.258 e. The number of nitrogens with zero attached hydrogens (tertiary/aromatic N) is 1. The molecule has 0 saturated heterocycles. The molecular weight excluding hydrogens is 249 g/mol. The van der Waals surface area contributed by atoms with Crippen LogP contribution in [0, 0.1) is 10.1 Å². The lowest BCUT2D eigenvalue weighted by Gasteiger charge is -2.02. The van der Waals surface area contributed by atoms with E-state index in [0.717, 1.165) is 6.07 Å². The molecule has 0 fully saturated rings. The van der Waals surface area contributed by atoms with Crippen LogP contribution in [0.15, 0.2) is 41.3 Å². The zero-order valence-corrected chi connectivity index (χ0v) is 9.15. The van der Waals surface area contributed by atoms with Crippen LogP contribution in [0.25, 0.3) is 10.8 Å². The van der Waals surface area contributed by atoms with Crippen LogP contribution in [0.4, 0.5) is 9.57 Å². The van der Waals surface area contributed by atoms with Gasteiger partial charge in [-0.05, 0) is 12.1 Å². The Morgan fingerprint density at radius 2 is 1.65 bits per heavy atom. The Morgan fingerprint density at radius 1 is 1.06 bits per heavy atom. The molecule has 0 radical (unpaired) electrons. The van der Waals surface area contributed by atoms with Crippen molar-refractivity contribution in [2.45, 2.75) is 4.90 Å². The van der Waals surface area contributed by atoms with Crippen LogP contribution in [0.5, 0.6) is 0 Å². The van der Waals surface area contributed by atoms with Crippen molar-refractivity contribution in [1.29, 1.82) is 0 Å². The van der Waals surface area contributed by atoms with E-state index >= 15 is 0 Å². The van der Waals surface area contributed by atoms with Crippen molar-refractivity contribution < 1.29 is 17.2 Å². The number of hydrogen-bond acceptors (Lipinski definition) is 4. The highest BCUT2D eigenvalue weighted by Gasteiger charge is 2.19. The average molecular weight is 255 g/mol. The van der Waals surface area contributed by atoms with Crippen molar-refractivity contribution in [3.63, 3.8) is 0 Å². The van der Waals surface area contributed by atoms with E-state index in [1.54, 1.807) is 0 Å². The van der Waals surface area contributed by atoms with E-state index in [4.69, 9.17) is 0 Å². The normalized spacial score (nSPS) is 11.6. The highest BCUT2D eigenvalue weighted by atomic mass is 32.3. The summed E-state index contributed by atoms with van der Waals surface area (Å²) in [5, 5.41) is 10.8. The lowest BCUT2D eigenvalue weighted by Crippen LogP contribution is -1.95. The molecule has 2 rings (SSSR count). The minimum atomic E-state index is -4.89. The van der Waals surface area contributed by atoms with E-state index in [9.17, 15) is 22.4 Å². The Hall–Kier alpha value is -2.02. The van der Waals surface area contributed by atoms with Gasteiger partial charge in [-0.2, -0.15) is 8.42 Å². The monoisotopic (exact) mass is 255 g/mol. The Labute approximate surface area is 95.9 Å². The third kappa shape index (κ3) is 1.96. The molecule has 0 aromatic heterocycles. The van der Waals surface area contributed by atoms with Gasteiger partial charge in [-0.15, -0.1) is 3.89 Å². The lowest BCUT2D eigenvalue weighted by atomic mass is 10.1. The van der Waals surface area contributed by atoms with Crippen molar-refractivity contribution >= 4 is 26.7 Å². The van der Waals surface area contributed by atoms with Crippen molar-refractivity contribution in [3.05, 3.63) is 46.5 Å². The Kier molecular flexibility index (Phi) is 2.55. The number of fused-ring (bicyclic) bond motifs is 1. The van der Waals surface area contributed by atoms with Crippen LogP contribution >= 0.6 is 0 Å². The van der Waals surface area contributed by atoms with Gasteiger partial charge >= 0.3 is 10.2 Å². The molecular formula is C10H6FNO4S. The van der Waals surface area contributed by atoms with Crippen molar-refractivity contribution in [2.24, 2.45) is 0 Å². The molecule has 7 heteroatoms. The average Bonchev–Trinajstić information content (AvgIpc) is 2.26. The highest BCUT2D eigenvalue weighted by Crippen LogP contribution is 2.30. The van der Waals surface area contributed by atoms with Crippen LogP contribution in [-0.4, -0.2) is 13.3 Å². The predicted molar refractivity (Wildman–Crippen MR) is 58.9 cm³/mol. The van der Waals surface area contributed by atoms with E-state index in [-0.39, 0.29) is 16.5 Å². The fourth-order valence-corrected chi connectivity index (χ4v) is 2.32. The second kappa shape index (κ2) is 3.77. The summed E-state index contributed by atoms with van der Waals surface area (Å²) < 4.78 is 34.8. The number of rotatable bonds is 2. The summed E-state index contributed by atoms with van der Waals surface area (Å²) in [4.78, 5) is 9.54. The van der Waals surface area contributed by atoms with E-state index in [0.29, 0.717) is 0 Å². The van der Waals surface area contributed by atoms with Crippen LogP contribution in [0.2, 0.25) is 0 Å². The van der Waals surface area contributed by atoms with Gasteiger partial charge in [0.15, 0.2) is 0 Å². The molecule has 0 heterocycles. The maximum Gasteiger partial charge on any atom is 0.332 e. The highest BCUT2D eigenvalue weighted by molar-refractivity contribution is 7.86. The van der Waals surface area contributed by atoms with Gasteiger partial charge < -0.3 is 0 Å². The molecule has 5 nitrogen and oxygen atoms in total. The van der Waals surface area contributed by atoms with Crippen molar-refractivity contribution in [2.75, 3.05) is 0 Å². The number of hydrogen-bond donors (Lipinski definition) is 0. The molecule has 0 saturated carbocycles. The summed E-state index contributed by atoms with van der Waals surface area (Å²) in [5.74, 6) is 0. The molecule has 0 aliphatic rings. The van der Waals surface area contributed by atoms with Crippen LogP contribution in [0.3, 0.4) is 0 Å². The third-order valence-electron chi connectivity index (χ3n) is 2.32. The summed E-state index contributed by atoms with van der Waals surface area (Å²) in [7, 11) is -4.89. The number of nitro groups is 1. The van der Waals surface area contributed by atoms with Crippen molar-refractivity contribution in [3.8, 4) is 0 Å². The van der Waals surface area contributed by atoms with Gasteiger partial charge in [-0.25, -0.2) is 0 Å². The summed E-state index contributed by atoms with van der Waals surface area (Å²) in [6, 6.07) is 7.59. The first-order chi connectivity index (χ1) is 7.91. The van der Waals surface area contributed by atoms with Gasteiger partial charge in [-0.1, -0.05) is 18.2 Å². The van der Waals surface area contributed by atoms with Crippen LogP contribution in [-0.2, 0) is 10.2 Å². The fourth-order valence-electron chi connectivity index (χ4n) is 1.64. The van der Waals surface area contributed by atoms with E-state index in [2.05, 4.69) is 0 Å². The second-order valence-electron chi connectivity index (χ2n) is 3.32. The largest absolute Gasteiger partial charge is 0.332 e. The van der Waals surface area contributed by atoms with Gasteiger partial charge in [0.1, 0.15) is 4.90 Å². The number of benzene rings is 2. The standard InChI is InChI=1S/C10H6FNO4S/c11-17(15,16)10-6-2-3-7-8(10)4-1-5-9(7)12(13)14/h1-6H. The van der Waals surface area contributed by atoms with E-state index in [1.807, 2.05) is 0 Å². The van der Waals surface area contributed by atoms with E-state index < -0.39 is 20.0 Å². The summed E-state index contributed by atoms with van der Waals surface area (Å²) in [6.07, 6.45) is 0. The van der Waals surface area contributed by atoms with Gasteiger partial charge in [0.25, 0.3) is 5.69 Å². The molecule has 0 unspecified atom stereocenters. The third-order valence-corrected chi connectivity index (χ3v) is 3.20. The molecule has 0 amide bonds. The molecule has 2 aromatic carbocycles. The lowest BCUT2D eigenvalue weighted by molar-refractivity contribution is -0.383. The second-order valence-corrected chi connectivity index (χ2v) is 4.64. The first-order valence-electron chi connectivity index (χ1n) is 4.52. The number of halogens is 1. The minimum absolute atomic E-state index is 0.00389. The molecule has 0 spiro atoms. The van der Waals surface area contributed by atoms with Gasteiger partial charge in [0.2, 0.25) is 0 Å². The molecule has 2 aromatic rings. The fraction of sp³-hybridized carbons (Fsp3) is 0. The number of nitro benzene ring substituents is 1. The first-order valence-corrected chi connectivity index (χ1v) is 5.90. The molecule has 17 heavy (non-hydrogen) atoms. The summed E-state index contributed by atoms with van der Waals surface area (Å²) >= 11 is 0. The first kappa shape index (κ1) is 11.5. The summed E-state index contributed by atoms with van der Waals surface area (Å²) in [5.41, 5.74) is -0.256. The van der Waals surface area contributed by atoms with Gasteiger partial charge in [0.05, 0.1) is 10.3 Å². The van der Waals surface area contributed by atoms with Crippen LogP contribution in [0.1, 0.15) is 0 Å². The SMILES string of the molecule is O=[N+]([O-])c1cccc2c(S(=O)(=O)F)cccc12. The van der Waals surface area contributed by atoms with Gasteiger partial charge in [0, 0.05) is 11.5 Å². The maximum atomic E-state index is 13.0. The topological polar surface area (TPSA) is 77.3 Å². The molecule has 0 bridgehead atoms. The Bertz CT molecular complexity index is 711. The quantitative estimate of drug-likeness (QED) is 0.469. The zero-order chi connectivity index (χ0) is 12.6. The molecule has 0 N–H and O–H groups in total. The molecule has 0 atom stereocenters. The van der Waals surface area contributed by atoms with Crippen LogP contribution < -0.4 is 0 Å². The van der Waals surface area contributed by atoms with E-state index in [1.165, 1.54) is 30.3 Å². The molecule has 0 aliphatic carbocycles. The van der Waals surface area contributed by atoms with Crippen molar-refractivity contribution in [1.82, 2.24) is 0 Å². The Balaban J connectivity index is 2.94. The number of non-ortho nitro benzene ring substituents is 1. The summed E-state index contributed by atoms with van der Waals surface area (Å²) in [6.45, 7) is 0. The predicted octanol–water partition coefficient (Wildman–Crippen LogP) is 2.41. The molecule has 0 aliphatic heterocycles.